The summed E-state index contributed by atoms with van der Waals surface area (Å²) < 4.78 is 0. The van der Waals surface area contributed by atoms with Crippen molar-refractivity contribution >= 4 is 5.78 Å². The summed E-state index contributed by atoms with van der Waals surface area (Å²) in [5.74, 6) is 0.505. The fraction of sp³-hybridized carbons (Fsp3) is 0.700. The van der Waals surface area contributed by atoms with Crippen LogP contribution in [0, 0.1) is 11.3 Å². The summed E-state index contributed by atoms with van der Waals surface area (Å²) in [4.78, 5) is 9.34. The Morgan fingerprint density at radius 2 is 1.69 bits per heavy atom. The van der Waals surface area contributed by atoms with E-state index in [4.69, 9.17) is 0 Å². The van der Waals surface area contributed by atoms with Crippen molar-refractivity contribution < 1.29 is 36.1 Å². The number of aliphatic hydroxyl groups is 1. The van der Waals surface area contributed by atoms with Gasteiger partial charge in [0.25, 0.3) is 0 Å². The average Bonchev–Trinajstić information content (AvgIpc) is 1.85. The molecule has 0 aromatic rings. The minimum Gasteiger partial charge on any atom is -0.511 e. The Kier molecular flexibility index (Phi) is 6.88. The molecule has 13 heavy (non-hydrogen) atoms. The molecule has 0 radical (unpaired) electrons. The molecule has 0 unspecified atom stereocenters. The van der Waals surface area contributed by atoms with E-state index < -0.39 is 0 Å². The van der Waals surface area contributed by atoms with E-state index in [1.807, 2.05) is 34.6 Å². The van der Waals surface area contributed by atoms with Gasteiger partial charge in [0.15, 0.2) is 0 Å². The van der Waals surface area contributed by atoms with E-state index in [-0.39, 0.29) is 49.1 Å². The van der Waals surface area contributed by atoms with Crippen LogP contribution in [0.1, 0.15) is 34.6 Å². The van der Waals surface area contributed by atoms with E-state index in [2.05, 4.69) is 0 Å². The molecule has 0 amide bonds. The van der Waals surface area contributed by atoms with Gasteiger partial charge in [0.1, 0.15) is 5.76 Å². The quantitative estimate of drug-likeness (QED) is 0.464. The van der Waals surface area contributed by atoms with Crippen LogP contribution in [0.25, 0.3) is 0 Å². The molecule has 0 heterocycles. The number of ketones is 1. The van der Waals surface area contributed by atoms with E-state index in [0.29, 0.717) is 0 Å². The maximum absolute atomic E-state index is 9.49. The average molecular weight is 262 g/mol. The van der Waals surface area contributed by atoms with Crippen LogP contribution in [-0.2, 0) is 26.2 Å². The molecule has 0 fully saturated rings. The second kappa shape index (κ2) is 5.75. The van der Waals surface area contributed by atoms with Gasteiger partial charge >= 0.3 is 5.78 Å². The normalized spacial score (nSPS) is 12.6. The zero-order valence-corrected chi connectivity index (χ0v) is 11.5. The van der Waals surface area contributed by atoms with Gasteiger partial charge < -0.3 is 5.11 Å². The van der Waals surface area contributed by atoms with Gasteiger partial charge in [-0.2, -0.15) is 0 Å². The van der Waals surface area contributed by atoms with Crippen molar-refractivity contribution in [1.82, 2.24) is 0 Å². The van der Waals surface area contributed by atoms with Gasteiger partial charge in [0.2, 0.25) is 0 Å². The first-order chi connectivity index (χ1) is 5.25. The smallest absolute Gasteiger partial charge is 0.322 e. The standard InChI is InChI=1S/C10H18O2.Zr/c1-7(2)8(11)6-9(12)10(3,4)5;/h6-7,12H,1-5H3;/p+1/b9-6-;. The molecule has 0 saturated carbocycles. The van der Waals surface area contributed by atoms with Gasteiger partial charge in [-0.05, 0) is 0 Å². The van der Waals surface area contributed by atoms with Crippen molar-refractivity contribution in [2.75, 3.05) is 0 Å². The molecule has 3 heteroatoms. The van der Waals surface area contributed by atoms with E-state index >= 15 is 0 Å². The third kappa shape index (κ3) is 6.20. The van der Waals surface area contributed by atoms with Crippen LogP contribution < -0.4 is 0 Å². The molecule has 74 valence electrons. The van der Waals surface area contributed by atoms with E-state index in [1.54, 1.807) is 0 Å². The summed E-state index contributed by atoms with van der Waals surface area (Å²) in [5.41, 5.74) is -0.289. The Labute approximate surface area is 99.5 Å². The topological polar surface area (TPSA) is 41.6 Å². The minimum atomic E-state index is -0.289. The molecular formula is C10H19O2Zr+. The van der Waals surface area contributed by atoms with Crippen LogP contribution in [0.4, 0.5) is 0 Å². The first-order valence-electron chi connectivity index (χ1n) is 4.22. The monoisotopic (exact) mass is 261 g/mol. The molecule has 0 aromatic heterocycles. The van der Waals surface area contributed by atoms with Gasteiger partial charge in [0.05, 0.1) is 12.0 Å². The molecule has 0 atom stereocenters. The predicted octanol–water partition coefficient (Wildman–Crippen LogP) is 2.67. The molecule has 0 aliphatic carbocycles. The predicted molar refractivity (Wildman–Crippen MR) is 51.9 cm³/mol. The maximum Gasteiger partial charge on any atom is 0.322 e. The molecule has 0 bridgehead atoms. The third-order valence-corrected chi connectivity index (χ3v) is 1.64. The fourth-order valence-corrected chi connectivity index (χ4v) is 0.523. The van der Waals surface area contributed by atoms with Crippen LogP contribution in [0.5, 0.6) is 0 Å². The Morgan fingerprint density at radius 3 is 1.92 bits per heavy atom. The van der Waals surface area contributed by atoms with Gasteiger partial charge in [0, 0.05) is 31.6 Å². The summed E-state index contributed by atoms with van der Waals surface area (Å²) in [6, 6.07) is 0. The molecule has 0 aliphatic rings. The first kappa shape index (κ1) is 15.6. The second-order valence-electron chi connectivity index (χ2n) is 4.36. The number of hydrogen-bond donors (Lipinski definition) is 1. The number of rotatable bonds is 2. The van der Waals surface area contributed by atoms with Crippen molar-refractivity contribution in [2.24, 2.45) is 11.3 Å². The van der Waals surface area contributed by atoms with Crippen LogP contribution >= 0.6 is 0 Å². The van der Waals surface area contributed by atoms with Gasteiger partial charge in [-0.25, -0.2) is 0 Å². The maximum atomic E-state index is 9.49. The Hall–Kier alpha value is 0.0931. The van der Waals surface area contributed by atoms with Crippen LogP contribution in [0.15, 0.2) is 11.8 Å². The van der Waals surface area contributed by atoms with Crippen molar-refractivity contribution in [3.63, 3.8) is 0 Å². The molecule has 0 spiro atoms. The summed E-state index contributed by atoms with van der Waals surface area (Å²) in [6.07, 6.45) is 1.44. The number of hydrogen-bond acceptors (Lipinski definition) is 1. The molecule has 0 saturated heterocycles. The fourth-order valence-electron chi connectivity index (χ4n) is 0.523. The third-order valence-electron chi connectivity index (χ3n) is 1.64. The molecule has 0 rings (SSSR count). The van der Waals surface area contributed by atoms with Crippen molar-refractivity contribution in [2.45, 2.75) is 34.6 Å². The Balaban J connectivity index is 0. The molecule has 2 nitrogen and oxygen atoms in total. The minimum absolute atomic E-state index is 0. The van der Waals surface area contributed by atoms with E-state index in [9.17, 15) is 9.90 Å². The van der Waals surface area contributed by atoms with Crippen LogP contribution in [0.2, 0.25) is 0 Å². The van der Waals surface area contributed by atoms with E-state index in [1.165, 1.54) is 6.08 Å². The molecule has 2 N–H and O–H groups in total. The molecule has 0 aromatic carbocycles. The summed E-state index contributed by atoms with van der Waals surface area (Å²) in [5, 5.41) is 9.49. The summed E-state index contributed by atoms with van der Waals surface area (Å²) in [6.45, 7) is 9.44. The van der Waals surface area contributed by atoms with Gasteiger partial charge in [-0.1, -0.05) is 34.6 Å². The van der Waals surface area contributed by atoms with Crippen molar-refractivity contribution in [3.8, 4) is 0 Å². The largest absolute Gasteiger partial charge is 0.511 e. The van der Waals surface area contributed by atoms with Gasteiger partial charge in [-0.15, -0.1) is 0 Å². The van der Waals surface area contributed by atoms with Crippen molar-refractivity contribution in [3.05, 3.63) is 11.8 Å². The Morgan fingerprint density at radius 1 is 1.31 bits per heavy atom. The number of aliphatic hydroxyl groups excluding tert-OH is 1. The Bertz CT molecular complexity index is 199. The first-order valence-corrected chi connectivity index (χ1v) is 4.22. The van der Waals surface area contributed by atoms with Gasteiger partial charge in [-0.3, -0.25) is 4.79 Å². The van der Waals surface area contributed by atoms with Crippen LogP contribution in [0.3, 0.4) is 0 Å². The molecular weight excluding hydrogens is 243 g/mol. The van der Waals surface area contributed by atoms with Crippen LogP contribution in [-0.4, -0.2) is 15.7 Å². The van der Waals surface area contributed by atoms with E-state index in [0.717, 1.165) is 0 Å². The number of allylic oxidation sites excluding steroid dienone is 2. The molecule has 0 aliphatic heterocycles. The SMILES string of the molecule is CC(C)C(=[OH+])/C=C(\O)C(C)(C)C.[Zr]. The summed E-state index contributed by atoms with van der Waals surface area (Å²) in [7, 11) is 0. The summed E-state index contributed by atoms with van der Waals surface area (Å²) >= 11 is 0. The second-order valence-corrected chi connectivity index (χ2v) is 4.36. The zero-order valence-electron chi connectivity index (χ0n) is 9.05. The number of carbonyl (C=O) groups excluding carboxylic acids is 1. The zero-order chi connectivity index (χ0) is 9.94. The van der Waals surface area contributed by atoms with Crippen molar-refractivity contribution in [1.29, 1.82) is 0 Å².